The van der Waals surface area contributed by atoms with Crippen LogP contribution in [0.15, 0.2) is 24.3 Å². The maximum Gasteiger partial charge on any atom is 0.250 e. The van der Waals surface area contributed by atoms with E-state index in [1.165, 1.54) is 19.3 Å². The lowest BCUT2D eigenvalue weighted by atomic mass is 9.89. The highest BCUT2D eigenvalue weighted by Crippen LogP contribution is 2.31. The van der Waals surface area contributed by atoms with Gasteiger partial charge in [0.05, 0.1) is 5.69 Å². The molecule has 2 heterocycles. The Morgan fingerprint density at radius 2 is 2.19 bits per heavy atom. The van der Waals surface area contributed by atoms with Crippen LogP contribution in [0.4, 0.5) is 4.39 Å². The van der Waals surface area contributed by atoms with E-state index in [9.17, 15) is 4.39 Å². The second-order valence-electron chi connectivity index (χ2n) is 7.21. The SMILES string of the molecule is CCc1cccc(Cl)c1COc1nc2c(cc1F)CN(C1CCC1)CC2. The summed E-state index contributed by atoms with van der Waals surface area (Å²) in [6.07, 6.45) is 5.56. The van der Waals surface area contributed by atoms with E-state index in [-0.39, 0.29) is 18.3 Å². The van der Waals surface area contributed by atoms with Gasteiger partial charge < -0.3 is 4.74 Å². The molecule has 1 saturated carbocycles. The first-order valence-corrected chi connectivity index (χ1v) is 9.85. The van der Waals surface area contributed by atoms with Gasteiger partial charge in [-0.2, -0.15) is 0 Å². The Bertz CT molecular complexity index is 807. The minimum absolute atomic E-state index is 0.0859. The van der Waals surface area contributed by atoms with Crippen molar-refractivity contribution in [1.82, 2.24) is 9.88 Å². The molecule has 1 aromatic carbocycles. The van der Waals surface area contributed by atoms with Crippen LogP contribution in [0.1, 0.15) is 48.6 Å². The van der Waals surface area contributed by atoms with E-state index in [0.29, 0.717) is 11.1 Å². The molecule has 0 amide bonds. The predicted octanol–water partition coefficient (Wildman–Crippen LogP) is 4.93. The second kappa shape index (κ2) is 7.53. The molecule has 0 radical (unpaired) electrons. The van der Waals surface area contributed by atoms with Gasteiger partial charge in [0.25, 0.3) is 5.88 Å². The third-order valence-electron chi connectivity index (χ3n) is 5.66. The number of aryl methyl sites for hydroxylation is 1. The van der Waals surface area contributed by atoms with Crippen LogP contribution in [0.25, 0.3) is 0 Å². The van der Waals surface area contributed by atoms with Crippen molar-refractivity contribution in [3.63, 3.8) is 0 Å². The summed E-state index contributed by atoms with van der Waals surface area (Å²) >= 11 is 6.29. The first-order valence-electron chi connectivity index (χ1n) is 9.47. The molecule has 5 heteroatoms. The molecule has 2 aromatic rings. The van der Waals surface area contributed by atoms with Gasteiger partial charge in [-0.15, -0.1) is 0 Å². The average molecular weight is 375 g/mol. The van der Waals surface area contributed by atoms with Gasteiger partial charge in [0.1, 0.15) is 6.61 Å². The molecule has 1 aromatic heterocycles. The van der Waals surface area contributed by atoms with Crippen molar-refractivity contribution < 1.29 is 9.13 Å². The van der Waals surface area contributed by atoms with Crippen molar-refractivity contribution in [2.45, 2.75) is 58.2 Å². The largest absolute Gasteiger partial charge is 0.471 e. The molecule has 1 fully saturated rings. The van der Waals surface area contributed by atoms with E-state index in [1.54, 1.807) is 6.07 Å². The molecular formula is C21H24ClFN2O. The van der Waals surface area contributed by atoms with Gasteiger partial charge in [-0.1, -0.05) is 37.1 Å². The molecule has 2 aliphatic rings. The Morgan fingerprint density at radius 1 is 1.35 bits per heavy atom. The average Bonchev–Trinajstić information content (AvgIpc) is 2.59. The summed E-state index contributed by atoms with van der Waals surface area (Å²) in [5.74, 6) is -0.299. The van der Waals surface area contributed by atoms with E-state index in [4.69, 9.17) is 16.3 Å². The Kier molecular flexibility index (Phi) is 5.14. The lowest BCUT2D eigenvalue weighted by Gasteiger charge is -2.40. The number of benzene rings is 1. The fourth-order valence-electron chi connectivity index (χ4n) is 3.85. The fraction of sp³-hybridized carbons (Fsp3) is 0.476. The van der Waals surface area contributed by atoms with Crippen LogP contribution < -0.4 is 4.74 Å². The highest BCUT2D eigenvalue weighted by atomic mass is 35.5. The van der Waals surface area contributed by atoms with Gasteiger partial charge >= 0.3 is 0 Å². The summed E-state index contributed by atoms with van der Waals surface area (Å²) in [6.45, 7) is 4.11. The Hall–Kier alpha value is -1.65. The van der Waals surface area contributed by atoms with E-state index in [0.717, 1.165) is 48.3 Å². The molecule has 1 aliphatic carbocycles. The topological polar surface area (TPSA) is 25.4 Å². The van der Waals surface area contributed by atoms with Crippen molar-refractivity contribution in [3.05, 3.63) is 57.5 Å². The van der Waals surface area contributed by atoms with E-state index < -0.39 is 0 Å². The molecule has 4 rings (SSSR count). The second-order valence-corrected chi connectivity index (χ2v) is 7.61. The normalized spacial score (nSPS) is 17.7. The number of hydrogen-bond acceptors (Lipinski definition) is 3. The van der Waals surface area contributed by atoms with Crippen LogP contribution in [0.3, 0.4) is 0 Å². The zero-order valence-corrected chi connectivity index (χ0v) is 15.9. The maximum atomic E-state index is 14.5. The lowest BCUT2D eigenvalue weighted by Crippen LogP contribution is -2.43. The summed E-state index contributed by atoms with van der Waals surface area (Å²) in [7, 11) is 0. The van der Waals surface area contributed by atoms with Gasteiger partial charge in [-0.3, -0.25) is 4.90 Å². The maximum absolute atomic E-state index is 14.5. The quantitative estimate of drug-likeness (QED) is 0.742. The fourth-order valence-corrected chi connectivity index (χ4v) is 4.10. The highest BCUT2D eigenvalue weighted by Gasteiger charge is 2.29. The zero-order chi connectivity index (χ0) is 18.1. The smallest absolute Gasteiger partial charge is 0.250 e. The van der Waals surface area contributed by atoms with Crippen LogP contribution in [0, 0.1) is 5.82 Å². The third-order valence-corrected chi connectivity index (χ3v) is 6.02. The van der Waals surface area contributed by atoms with Crippen molar-refractivity contribution in [2.24, 2.45) is 0 Å². The Morgan fingerprint density at radius 3 is 2.92 bits per heavy atom. The monoisotopic (exact) mass is 374 g/mol. The standard InChI is InChI=1S/C21H24ClFN2O/c1-2-14-5-3-8-18(22)17(14)13-26-21-19(23)11-15-12-25(16-6-4-7-16)10-9-20(15)24-21/h3,5,8,11,16H,2,4,6-7,9-10,12-13H2,1H3. The van der Waals surface area contributed by atoms with Crippen LogP contribution in [-0.4, -0.2) is 22.5 Å². The summed E-state index contributed by atoms with van der Waals surface area (Å²) in [4.78, 5) is 6.95. The first kappa shape index (κ1) is 17.7. The lowest BCUT2D eigenvalue weighted by molar-refractivity contribution is 0.112. The molecule has 0 spiro atoms. The number of pyridine rings is 1. The van der Waals surface area contributed by atoms with Gasteiger partial charge in [0, 0.05) is 36.1 Å². The van der Waals surface area contributed by atoms with Gasteiger partial charge in [-0.05, 0) is 42.5 Å². The molecule has 0 unspecified atom stereocenters. The molecule has 0 saturated heterocycles. The van der Waals surface area contributed by atoms with Crippen molar-refractivity contribution in [1.29, 1.82) is 0 Å². The van der Waals surface area contributed by atoms with Crippen LogP contribution in [-0.2, 0) is 26.0 Å². The first-order chi connectivity index (χ1) is 12.7. The number of hydrogen-bond donors (Lipinski definition) is 0. The number of halogens is 2. The molecule has 138 valence electrons. The Balaban J connectivity index is 1.50. The molecule has 1 aliphatic heterocycles. The molecule has 3 nitrogen and oxygen atoms in total. The summed E-state index contributed by atoms with van der Waals surface area (Å²) in [5.41, 5.74) is 3.99. The van der Waals surface area contributed by atoms with Crippen LogP contribution in [0.2, 0.25) is 5.02 Å². The highest BCUT2D eigenvalue weighted by molar-refractivity contribution is 6.31. The van der Waals surface area contributed by atoms with E-state index >= 15 is 0 Å². The van der Waals surface area contributed by atoms with Gasteiger partial charge in [-0.25, -0.2) is 9.37 Å². The predicted molar refractivity (Wildman–Crippen MR) is 101 cm³/mol. The van der Waals surface area contributed by atoms with Crippen molar-refractivity contribution in [3.8, 4) is 5.88 Å². The van der Waals surface area contributed by atoms with E-state index in [1.807, 2.05) is 18.2 Å². The molecule has 26 heavy (non-hydrogen) atoms. The minimum Gasteiger partial charge on any atom is -0.471 e. The molecular weight excluding hydrogens is 351 g/mol. The van der Waals surface area contributed by atoms with Crippen molar-refractivity contribution in [2.75, 3.05) is 6.54 Å². The zero-order valence-electron chi connectivity index (χ0n) is 15.1. The molecule has 0 bridgehead atoms. The van der Waals surface area contributed by atoms with Crippen LogP contribution >= 0.6 is 11.6 Å². The van der Waals surface area contributed by atoms with Gasteiger partial charge in [0.2, 0.25) is 0 Å². The third kappa shape index (κ3) is 3.45. The number of rotatable bonds is 5. The number of aromatic nitrogens is 1. The van der Waals surface area contributed by atoms with E-state index in [2.05, 4.69) is 16.8 Å². The summed E-state index contributed by atoms with van der Waals surface area (Å²) in [5, 5.41) is 0.652. The van der Waals surface area contributed by atoms with Crippen LogP contribution in [0.5, 0.6) is 5.88 Å². The minimum atomic E-state index is -0.385. The molecule has 0 N–H and O–H groups in total. The summed E-state index contributed by atoms with van der Waals surface area (Å²) in [6, 6.07) is 8.07. The number of ether oxygens (including phenoxy) is 1. The molecule has 0 atom stereocenters. The van der Waals surface area contributed by atoms with Crippen molar-refractivity contribution >= 4 is 11.6 Å². The number of nitrogens with zero attached hydrogens (tertiary/aromatic N) is 2. The van der Waals surface area contributed by atoms with Gasteiger partial charge in [0.15, 0.2) is 5.82 Å². The number of fused-ring (bicyclic) bond motifs is 1. The summed E-state index contributed by atoms with van der Waals surface area (Å²) < 4.78 is 20.3. The Labute approximate surface area is 159 Å².